The number of hydrogen-bond acceptors (Lipinski definition) is 3. The molecule has 0 spiro atoms. The lowest BCUT2D eigenvalue weighted by Crippen LogP contribution is -2.39. The molecule has 1 aromatic carbocycles. The molecule has 1 heterocycles. The molecular weight excluding hydrogens is 346 g/mol. The van der Waals surface area contributed by atoms with E-state index in [1.165, 1.54) is 5.56 Å². The third-order valence-corrected chi connectivity index (χ3v) is 5.44. The fourth-order valence-corrected chi connectivity index (χ4v) is 4.29. The molecule has 0 aromatic heterocycles. The van der Waals surface area contributed by atoms with E-state index in [1.54, 1.807) is 0 Å². The summed E-state index contributed by atoms with van der Waals surface area (Å²) in [4.78, 5) is 6.96. The maximum Gasteiger partial charge on any atom is 0.110 e. The number of fused-ring (bicyclic) bond motifs is 1. The van der Waals surface area contributed by atoms with Gasteiger partial charge in [0.25, 0.3) is 0 Å². The van der Waals surface area contributed by atoms with E-state index in [-0.39, 0.29) is 0 Å². The maximum absolute atomic E-state index is 6.22. The summed E-state index contributed by atoms with van der Waals surface area (Å²) < 4.78 is 6.01. The molecular formula is C21H30ClN3O. The molecule has 0 radical (unpaired) electrons. The van der Waals surface area contributed by atoms with Crippen molar-refractivity contribution >= 4 is 23.1 Å². The van der Waals surface area contributed by atoms with Crippen LogP contribution in [0.5, 0.6) is 0 Å². The molecule has 1 saturated carbocycles. The van der Waals surface area contributed by atoms with Crippen molar-refractivity contribution in [1.82, 2.24) is 5.32 Å². The summed E-state index contributed by atoms with van der Waals surface area (Å²) in [6.45, 7) is 10.1. The Balaban J connectivity index is 1.83. The highest BCUT2D eigenvalue weighted by molar-refractivity contribution is 6.30. The number of aliphatic imine (C=N–C) groups is 1. The molecule has 26 heavy (non-hydrogen) atoms. The minimum Gasteiger partial charge on any atom is -0.376 e. The van der Waals surface area contributed by atoms with Gasteiger partial charge in [0, 0.05) is 36.8 Å². The van der Waals surface area contributed by atoms with Crippen molar-refractivity contribution in [3.8, 4) is 0 Å². The van der Waals surface area contributed by atoms with E-state index in [4.69, 9.17) is 21.3 Å². The summed E-state index contributed by atoms with van der Waals surface area (Å²) in [5, 5.41) is 4.21. The predicted molar refractivity (Wildman–Crippen MR) is 110 cm³/mol. The molecule has 1 aromatic rings. The van der Waals surface area contributed by atoms with E-state index in [1.807, 2.05) is 19.2 Å². The van der Waals surface area contributed by atoms with Gasteiger partial charge in [0.15, 0.2) is 0 Å². The van der Waals surface area contributed by atoms with Crippen LogP contribution in [-0.2, 0) is 11.3 Å². The first-order chi connectivity index (χ1) is 12.5. The molecule has 1 aliphatic heterocycles. The molecule has 5 heteroatoms. The topological polar surface area (TPSA) is 36.9 Å². The van der Waals surface area contributed by atoms with Gasteiger partial charge in [0.2, 0.25) is 0 Å². The molecule has 0 amide bonds. The van der Waals surface area contributed by atoms with Crippen molar-refractivity contribution in [2.75, 3.05) is 18.5 Å². The second-order valence-corrected chi connectivity index (χ2v) is 7.95. The number of halogens is 1. The Kier molecular flexibility index (Phi) is 6.38. The van der Waals surface area contributed by atoms with E-state index in [0.717, 1.165) is 61.0 Å². The van der Waals surface area contributed by atoms with Crippen molar-refractivity contribution < 1.29 is 4.74 Å². The average molecular weight is 376 g/mol. The second-order valence-electron chi connectivity index (χ2n) is 7.52. The first kappa shape index (κ1) is 19.4. The minimum absolute atomic E-state index is 0.295. The van der Waals surface area contributed by atoms with Crippen LogP contribution in [0.2, 0.25) is 5.02 Å². The highest BCUT2D eigenvalue weighted by atomic mass is 35.5. The predicted octanol–water partition coefficient (Wildman–Crippen LogP) is 4.78. The van der Waals surface area contributed by atoms with E-state index >= 15 is 0 Å². The number of rotatable bonds is 3. The number of ether oxygens (including phenoxy) is 1. The zero-order valence-corrected chi connectivity index (χ0v) is 16.9. The average Bonchev–Trinajstić information content (AvgIpc) is 2.75. The van der Waals surface area contributed by atoms with Crippen LogP contribution >= 0.6 is 11.6 Å². The van der Waals surface area contributed by atoms with Crippen molar-refractivity contribution in [3.05, 3.63) is 41.1 Å². The van der Waals surface area contributed by atoms with Gasteiger partial charge in [-0.1, -0.05) is 18.2 Å². The molecule has 4 nitrogen and oxygen atoms in total. The zero-order valence-electron chi connectivity index (χ0n) is 16.1. The van der Waals surface area contributed by atoms with E-state index in [2.05, 4.69) is 36.7 Å². The summed E-state index contributed by atoms with van der Waals surface area (Å²) in [7, 11) is 1.90. The number of nitrogens with zero attached hydrogens (tertiary/aromatic N) is 2. The van der Waals surface area contributed by atoms with Crippen LogP contribution in [0.3, 0.4) is 0 Å². The van der Waals surface area contributed by atoms with E-state index in [9.17, 15) is 0 Å². The van der Waals surface area contributed by atoms with Gasteiger partial charge in [-0.05, 0) is 63.3 Å². The summed E-state index contributed by atoms with van der Waals surface area (Å²) in [6.07, 6.45) is 5.06. The fraction of sp³-hybridized carbons (Fsp3) is 0.571. The summed E-state index contributed by atoms with van der Waals surface area (Å²) >= 11 is 6.22. The number of nitrogens with one attached hydrogen (secondary N) is 1. The lowest BCUT2D eigenvalue weighted by molar-refractivity contribution is -0.0154. The lowest BCUT2D eigenvalue weighted by Gasteiger charge is -2.36. The van der Waals surface area contributed by atoms with Crippen molar-refractivity contribution in [2.45, 2.75) is 58.3 Å². The Morgan fingerprint density at radius 3 is 2.65 bits per heavy atom. The molecule has 1 fully saturated rings. The Hall–Kier alpha value is -1.36. The van der Waals surface area contributed by atoms with Gasteiger partial charge in [0.1, 0.15) is 5.84 Å². The summed E-state index contributed by atoms with van der Waals surface area (Å²) in [6, 6.07) is 6.08. The molecule has 0 atom stereocenters. The first-order valence-electron chi connectivity index (χ1n) is 9.58. The first-order valence-corrected chi connectivity index (χ1v) is 9.96. The third kappa shape index (κ3) is 4.30. The summed E-state index contributed by atoms with van der Waals surface area (Å²) in [5.41, 5.74) is 3.37. The van der Waals surface area contributed by atoms with Crippen LogP contribution in [0.15, 0.2) is 35.5 Å². The molecule has 0 unspecified atom stereocenters. The normalized spacial score (nSPS) is 24.6. The zero-order chi connectivity index (χ0) is 18.7. The van der Waals surface area contributed by atoms with Gasteiger partial charge in [-0.2, -0.15) is 0 Å². The number of benzene rings is 1. The van der Waals surface area contributed by atoms with Crippen LogP contribution in [0.1, 0.15) is 45.1 Å². The highest BCUT2D eigenvalue weighted by Gasteiger charge is 2.31. The number of amidine groups is 1. The molecule has 3 rings (SSSR count). The molecule has 1 aliphatic carbocycles. The van der Waals surface area contributed by atoms with Gasteiger partial charge in [-0.25, -0.2) is 0 Å². The smallest absolute Gasteiger partial charge is 0.110 e. The minimum atomic E-state index is 0.295. The van der Waals surface area contributed by atoms with Gasteiger partial charge in [-0.3, -0.25) is 4.99 Å². The standard InChI is InChI=1S/C21H30ClN3O/c1-14(2)26-19-8-5-16(6-9-19)21(23-4)25-15(3)12-24-13-17-11-18(22)7-10-20(17)25/h7,10-11,14,16,19,24H,3,5-6,8-9,12-13H2,1-2,4H3. The number of hydrogen-bond donors (Lipinski definition) is 1. The molecule has 1 N–H and O–H groups in total. The van der Waals surface area contributed by atoms with Crippen LogP contribution in [0.25, 0.3) is 0 Å². The Labute approximate surface area is 162 Å². The van der Waals surface area contributed by atoms with Crippen LogP contribution in [-0.4, -0.2) is 31.6 Å². The summed E-state index contributed by atoms with van der Waals surface area (Å²) in [5.74, 6) is 1.55. The molecule has 0 saturated heterocycles. The molecule has 0 bridgehead atoms. The van der Waals surface area contributed by atoms with Crippen LogP contribution in [0.4, 0.5) is 5.69 Å². The van der Waals surface area contributed by atoms with Crippen molar-refractivity contribution in [1.29, 1.82) is 0 Å². The van der Waals surface area contributed by atoms with Gasteiger partial charge in [-0.15, -0.1) is 0 Å². The van der Waals surface area contributed by atoms with Gasteiger partial charge in [0.05, 0.1) is 17.9 Å². The molecule has 142 valence electrons. The number of anilines is 1. The van der Waals surface area contributed by atoms with Crippen molar-refractivity contribution in [3.63, 3.8) is 0 Å². The quantitative estimate of drug-likeness (QED) is 0.610. The van der Waals surface area contributed by atoms with E-state index in [0.29, 0.717) is 18.1 Å². The largest absolute Gasteiger partial charge is 0.376 e. The SMILES string of the molecule is C=C1CNCc2cc(Cl)ccc2N1C(=NC)C1CCC(OC(C)C)CC1. The Morgan fingerprint density at radius 1 is 1.27 bits per heavy atom. The van der Waals surface area contributed by atoms with Crippen LogP contribution < -0.4 is 10.2 Å². The monoisotopic (exact) mass is 375 g/mol. The fourth-order valence-electron chi connectivity index (χ4n) is 4.10. The lowest BCUT2D eigenvalue weighted by atomic mass is 9.85. The van der Waals surface area contributed by atoms with E-state index < -0.39 is 0 Å². The maximum atomic E-state index is 6.22. The highest BCUT2D eigenvalue weighted by Crippen LogP contribution is 2.35. The Bertz CT molecular complexity index is 678. The second kappa shape index (κ2) is 8.55. The van der Waals surface area contributed by atoms with Gasteiger partial charge < -0.3 is 15.0 Å². The van der Waals surface area contributed by atoms with Crippen LogP contribution in [0, 0.1) is 5.92 Å². The third-order valence-electron chi connectivity index (χ3n) is 5.21. The Morgan fingerprint density at radius 2 is 2.00 bits per heavy atom. The van der Waals surface area contributed by atoms with Crippen molar-refractivity contribution in [2.24, 2.45) is 10.9 Å². The van der Waals surface area contributed by atoms with Gasteiger partial charge >= 0.3 is 0 Å². The molecule has 2 aliphatic rings.